The van der Waals surface area contributed by atoms with Crippen molar-refractivity contribution in [3.05, 3.63) is 0 Å². The minimum atomic E-state index is -4.96. The predicted molar refractivity (Wildman–Crippen MR) is 423 cm³/mol. The molecule has 0 amide bonds. The number of aliphatic hydroxyl groups excluding tert-OH is 1. The second-order valence-corrected chi connectivity index (χ2v) is 33.6. The van der Waals surface area contributed by atoms with Crippen molar-refractivity contribution >= 4 is 39.5 Å². The number of aliphatic hydroxyl groups is 1. The van der Waals surface area contributed by atoms with Crippen molar-refractivity contribution in [3.8, 4) is 0 Å². The van der Waals surface area contributed by atoms with Crippen LogP contribution in [0, 0.1) is 5.92 Å². The standard InChI is InChI=1S/C84H164O17P2/c1-6-9-12-15-18-21-23-25-27-29-31-32-33-35-37-41-45-49-54-59-64-69-84(89)101-80(74-95-82(87)68-63-58-53-48-44-40-36-34-30-28-26-24-22-19-16-13-10-7-2)76-99-103(92,93)97-72-78(85)71-96-102(90,91)98-75-79(73-94-81(86)67-62-57-52-20-17-14-11-8-3)100-83(88)70-65-60-55-50-46-42-38-39-43-47-51-56-61-66-77(4)5/h77-80,85H,6-76H2,1-5H3,(H,90,91)(H,92,93)/t78-,79+,80+/m0/s1. The summed E-state index contributed by atoms with van der Waals surface area (Å²) in [6, 6.07) is 0. The maximum absolute atomic E-state index is 13.1. The Morgan fingerprint density at radius 3 is 0.660 bits per heavy atom. The zero-order chi connectivity index (χ0) is 75.5. The molecule has 0 spiro atoms. The van der Waals surface area contributed by atoms with E-state index in [1.807, 2.05) is 0 Å². The number of phosphoric ester groups is 2. The maximum atomic E-state index is 13.1. The third-order valence-corrected chi connectivity index (χ3v) is 21.7. The molecule has 0 fully saturated rings. The summed E-state index contributed by atoms with van der Waals surface area (Å²) >= 11 is 0. The zero-order valence-electron chi connectivity index (χ0n) is 67.5. The van der Waals surface area contributed by atoms with E-state index in [4.69, 9.17) is 37.0 Å². The van der Waals surface area contributed by atoms with E-state index < -0.39 is 97.5 Å². The average molecular weight is 1510 g/mol. The number of ether oxygens (including phenoxy) is 4. The van der Waals surface area contributed by atoms with Gasteiger partial charge in [0.1, 0.15) is 19.3 Å². The lowest BCUT2D eigenvalue weighted by atomic mass is 10.0. The van der Waals surface area contributed by atoms with E-state index in [0.717, 1.165) is 102 Å². The number of hydrogen-bond donors (Lipinski definition) is 3. The van der Waals surface area contributed by atoms with Crippen molar-refractivity contribution in [3.63, 3.8) is 0 Å². The Morgan fingerprint density at radius 2 is 0.447 bits per heavy atom. The molecule has 0 heterocycles. The van der Waals surface area contributed by atoms with Crippen LogP contribution in [0.2, 0.25) is 0 Å². The average Bonchev–Trinajstić information content (AvgIpc) is 0.925. The molecule has 19 heteroatoms. The van der Waals surface area contributed by atoms with Gasteiger partial charge in [-0.1, -0.05) is 401 Å². The fourth-order valence-electron chi connectivity index (χ4n) is 13.1. The van der Waals surface area contributed by atoms with Gasteiger partial charge in [-0.25, -0.2) is 9.13 Å². The van der Waals surface area contributed by atoms with E-state index in [9.17, 15) is 43.2 Å². The fourth-order valence-corrected chi connectivity index (χ4v) is 14.7. The van der Waals surface area contributed by atoms with Crippen LogP contribution >= 0.6 is 15.6 Å². The second kappa shape index (κ2) is 76.8. The number of hydrogen-bond acceptors (Lipinski definition) is 15. The first-order valence-corrected chi connectivity index (χ1v) is 46.6. The van der Waals surface area contributed by atoms with Gasteiger partial charge in [0, 0.05) is 25.7 Å². The molecule has 0 aromatic heterocycles. The minimum Gasteiger partial charge on any atom is -0.462 e. The second-order valence-electron chi connectivity index (χ2n) is 30.7. The monoisotopic (exact) mass is 1510 g/mol. The van der Waals surface area contributed by atoms with Gasteiger partial charge in [-0.3, -0.25) is 37.3 Å². The van der Waals surface area contributed by atoms with Crippen molar-refractivity contribution < 1.29 is 80.2 Å². The Hall–Kier alpha value is -1.94. The Balaban J connectivity index is 5.19. The van der Waals surface area contributed by atoms with Crippen LogP contribution in [0.3, 0.4) is 0 Å². The van der Waals surface area contributed by atoms with Gasteiger partial charge in [0.05, 0.1) is 26.4 Å². The van der Waals surface area contributed by atoms with Crippen molar-refractivity contribution in [1.82, 2.24) is 0 Å². The molecular formula is C84H164O17P2. The summed E-state index contributed by atoms with van der Waals surface area (Å²) in [7, 11) is -9.92. The van der Waals surface area contributed by atoms with E-state index in [1.165, 1.54) is 270 Å². The zero-order valence-corrected chi connectivity index (χ0v) is 69.3. The third-order valence-electron chi connectivity index (χ3n) is 19.8. The van der Waals surface area contributed by atoms with Gasteiger partial charge in [0.15, 0.2) is 12.2 Å². The number of phosphoric acid groups is 2. The van der Waals surface area contributed by atoms with Crippen LogP contribution in [0.4, 0.5) is 0 Å². The Morgan fingerprint density at radius 1 is 0.262 bits per heavy atom. The molecule has 17 nitrogen and oxygen atoms in total. The molecule has 0 aliphatic rings. The molecule has 0 aromatic rings. The highest BCUT2D eigenvalue weighted by Crippen LogP contribution is 2.45. The first-order chi connectivity index (χ1) is 50.0. The number of carbonyl (C=O) groups is 4. The quantitative estimate of drug-likeness (QED) is 0.0222. The summed E-state index contributed by atoms with van der Waals surface area (Å²) in [5, 5.41) is 10.6. The molecule has 2 unspecified atom stereocenters. The highest BCUT2D eigenvalue weighted by Gasteiger charge is 2.30. The molecule has 0 saturated carbocycles. The van der Waals surface area contributed by atoms with Crippen LogP contribution in [0.25, 0.3) is 0 Å². The SMILES string of the molecule is CCCCCCCCCCCCCCCCCCCCCCCC(=O)O[C@H](COC(=O)CCCCCCCCCCCCCCCCCCCC)COP(=O)(O)OC[C@@H](O)COP(=O)(O)OC[C@@H](COC(=O)CCCCCCCCCC)OC(=O)CCCCCCCCCCCCCCCC(C)C. The summed E-state index contributed by atoms with van der Waals surface area (Å²) in [6.45, 7) is 7.34. The lowest BCUT2D eigenvalue weighted by Gasteiger charge is -2.21. The molecule has 0 saturated heterocycles. The van der Waals surface area contributed by atoms with Crippen LogP contribution in [0.1, 0.15) is 452 Å². The van der Waals surface area contributed by atoms with E-state index >= 15 is 0 Å². The highest BCUT2D eigenvalue weighted by molar-refractivity contribution is 7.47. The van der Waals surface area contributed by atoms with E-state index in [1.54, 1.807) is 0 Å². The van der Waals surface area contributed by atoms with Crippen LogP contribution in [0.15, 0.2) is 0 Å². The van der Waals surface area contributed by atoms with Gasteiger partial charge in [-0.15, -0.1) is 0 Å². The minimum absolute atomic E-state index is 0.108. The first-order valence-electron chi connectivity index (χ1n) is 43.6. The van der Waals surface area contributed by atoms with E-state index in [-0.39, 0.29) is 25.7 Å². The smallest absolute Gasteiger partial charge is 0.462 e. The molecule has 0 rings (SSSR count). The molecular weight excluding hydrogens is 1340 g/mol. The largest absolute Gasteiger partial charge is 0.472 e. The number of rotatable bonds is 84. The predicted octanol–water partition coefficient (Wildman–Crippen LogP) is 25.6. The van der Waals surface area contributed by atoms with Crippen LogP contribution < -0.4 is 0 Å². The first kappa shape index (κ1) is 101. The summed E-state index contributed by atoms with van der Waals surface area (Å²) in [5.41, 5.74) is 0. The molecule has 0 aromatic carbocycles. The van der Waals surface area contributed by atoms with Gasteiger partial charge in [-0.05, 0) is 31.6 Å². The van der Waals surface area contributed by atoms with Crippen molar-refractivity contribution in [2.45, 2.75) is 470 Å². The topological polar surface area (TPSA) is 237 Å². The summed E-state index contributed by atoms with van der Waals surface area (Å²) < 4.78 is 68.8. The molecule has 612 valence electrons. The molecule has 103 heavy (non-hydrogen) atoms. The maximum Gasteiger partial charge on any atom is 0.472 e. The van der Waals surface area contributed by atoms with Gasteiger partial charge in [0.25, 0.3) is 0 Å². The summed E-state index contributed by atoms with van der Waals surface area (Å²) in [5.74, 6) is -1.32. The normalized spacial score (nSPS) is 13.8. The molecule has 0 aliphatic carbocycles. The molecule has 0 bridgehead atoms. The lowest BCUT2D eigenvalue weighted by Crippen LogP contribution is -2.30. The Kier molecular flexibility index (Phi) is 75.4. The molecule has 0 radical (unpaired) electrons. The Bertz CT molecular complexity index is 1960. The number of unbranched alkanes of at least 4 members (excludes halogenated alkanes) is 56. The van der Waals surface area contributed by atoms with E-state index in [0.29, 0.717) is 25.7 Å². The fraction of sp³-hybridized carbons (Fsp3) is 0.952. The lowest BCUT2D eigenvalue weighted by molar-refractivity contribution is -0.161. The third kappa shape index (κ3) is 78.0. The molecule has 3 N–H and O–H groups in total. The van der Waals surface area contributed by atoms with Crippen LogP contribution in [-0.2, 0) is 65.4 Å². The van der Waals surface area contributed by atoms with Crippen molar-refractivity contribution in [1.29, 1.82) is 0 Å². The number of esters is 4. The Labute approximate surface area is 632 Å². The summed E-state index contributed by atoms with van der Waals surface area (Å²) in [6.07, 6.45) is 69.6. The number of carbonyl (C=O) groups excluding carboxylic acids is 4. The van der Waals surface area contributed by atoms with Gasteiger partial charge in [-0.2, -0.15) is 0 Å². The molecule has 0 aliphatic heterocycles. The van der Waals surface area contributed by atoms with Gasteiger partial charge in [0.2, 0.25) is 0 Å². The van der Waals surface area contributed by atoms with Crippen LogP contribution in [-0.4, -0.2) is 96.7 Å². The summed E-state index contributed by atoms with van der Waals surface area (Å²) in [4.78, 5) is 73.0. The van der Waals surface area contributed by atoms with Crippen LogP contribution in [0.5, 0.6) is 0 Å². The van der Waals surface area contributed by atoms with Gasteiger partial charge < -0.3 is 33.8 Å². The van der Waals surface area contributed by atoms with E-state index in [2.05, 4.69) is 34.6 Å². The highest BCUT2D eigenvalue weighted by atomic mass is 31.2. The van der Waals surface area contributed by atoms with Gasteiger partial charge >= 0.3 is 39.5 Å². The van der Waals surface area contributed by atoms with Crippen molar-refractivity contribution in [2.75, 3.05) is 39.6 Å². The molecule has 5 atom stereocenters. The van der Waals surface area contributed by atoms with Crippen molar-refractivity contribution in [2.24, 2.45) is 5.92 Å².